The highest BCUT2D eigenvalue weighted by molar-refractivity contribution is 5.88. The van der Waals surface area contributed by atoms with Gasteiger partial charge in [-0.15, -0.1) is 0 Å². The molecule has 0 fully saturated rings. The van der Waals surface area contributed by atoms with E-state index in [9.17, 15) is 9.59 Å². The van der Waals surface area contributed by atoms with Crippen LogP contribution in [0, 0.1) is 5.92 Å². The van der Waals surface area contributed by atoms with Crippen LogP contribution in [0.15, 0.2) is 60.7 Å². The van der Waals surface area contributed by atoms with Crippen molar-refractivity contribution >= 4 is 11.8 Å². The van der Waals surface area contributed by atoms with Gasteiger partial charge >= 0.3 is 0 Å². The molecule has 0 saturated heterocycles. The van der Waals surface area contributed by atoms with Crippen molar-refractivity contribution in [3.63, 3.8) is 0 Å². The molecular formula is C23H30N2O2. The Morgan fingerprint density at radius 2 is 1.48 bits per heavy atom. The molecule has 0 aliphatic rings. The molecule has 0 unspecified atom stereocenters. The number of hydrogen-bond donors (Lipinski definition) is 1. The standard InChI is InChI=1S/C23H30N2O2/c1-4-15-24-22(26)21(16-19-11-7-5-8-12-19)25(23(27)18(2)3)17-20-13-9-6-10-14-20/h5-14,18,21H,4,15-17H2,1-3H3,(H,24,26)/t21-/m0/s1. The fourth-order valence-corrected chi connectivity index (χ4v) is 3.00. The Balaban J connectivity index is 2.34. The summed E-state index contributed by atoms with van der Waals surface area (Å²) in [5.74, 6) is -0.275. The molecule has 4 nitrogen and oxygen atoms in total. The van der Waals surface area contributed by atoms with Crippen LogP contribution in [0.3, 0.4) is 0 Å². The van der Waals surface area contributed by atoms with Crippen molar-refractivity contribution in [2.45, 2.75) is 46.2 Å². The van der Waals surface area contributed by atoms with E-state index < -0.39 is 6.04 Å². The number of benzene rings is 2. The summed E-state index contributed by atoms with van der Waals surface area (Å²) in [5, 5.41) is 2.98. The molecular weight excluding hydrogens is 336 g/mol. The second kappa shape index (κ2) is 10.5. The van der Waals surface area contributed by atoms with Crippen LogP contribution in [0.2, 0.25) is 0 Å². The van der Waals surface area contributed by atoms with Crippen molar-refractivity contribution < 1.29 is 9.59 Å². The Morgan fingerprint density at radius 1 is 0.926 bits per heavy atom. The molecule has 1 N–H and O–H groups in total. The van der Waals surface area contributed by atoms with E-state index >= 15 is 0 Å². The van der Waals surface area contributed by atoms with E-state index in [2.05, 4.69) is 5.32 Å². The molecule has 4 heteroatoms. The normalized spacial score (nSPS) is 11.9. The Labute approximate surface area is 162 Å². The Morgan fingerprint density at radius 3 is 2.00 bits per heavy atom. The predicted octanol–water partition coefficient (Wildman–Crippen LogP) is 3.81. The van der Waals surface area contributed by atoms with Gasteiger partial charge in [0.2, 0.25) is 11.8 Å². The lowest BCUT2D eigenvalue weighted by atomic mass is 10.0. The molecule has 2 rings (SSSR count). The van der Waals surface area contributed by atoms with Crippen molar-refractivity contribution in [2.24, 2.45) is 5.92 Å². The average Bonchev–Trinajstić information content (AvgIpc) is 2.69. The summed E-state index contributed by atoms with van der Waals surface area (Å²) in [6.07, 6.45) is 1.36. The number of carbonyl (C=O) groups excluding carboxylic acids is 2. The molecule has 2 amide bonds. The fourth-order valence-electron chi connectivity index (χ4n) is 3.00. The summed E-state index contributed by atoms with van der Waals surface area (Å²) in [5.41, 5.74) is 2.07. The second-order valence-electron chi connectivity index (χ2n) is 7.10. The van der Waals surface area contributed by atoms with Crippen LogP contribution < -0.4 is 5.32 Å². The van der Waals surface area contributed by atoms with Gasteiger partial charge in [-0.2, -0.15) is 0 Å². The van der Waals surface area contributed by atoms with E-state index in [1.54, 1.807) is 4.90 Å². The summed E-state index contributed by atoms with van der Waals surface area (Å²) in [7, 11) is 0. The zero-order chi connectivity index (χ0) is 19.6. The summed E-state index contributed by atoms with van der Waals surface area (Å²) >= 11 is 0. The summed E-state index contributed by atoms with van der Waals surface area (Å²) in [4.78, 5) is 27.7. The number of nitrogens with one attached hydrogen (secondary N) is 1. The molecule has 0 bridgehead atoms. The van der Waals surface area contributed by atoms with Crippen molar-refractivity contribution in [1.82, 2.24) is 10.2 Å². The maximum absolute atomic E-state index is 13.0. The van der Waals surface area contributed by atoms with Gasteiger partial charge in [0, 0.05) is 25.4 Å². The van der Waals surface area contributed by atoms with Gasteiger partial charge in [-0.1, -0.05) is 81.4 Å². The van der Waals surface area contributed by atoms with E-state index in [0.717, 1.165) is 17.5 Å². The van der Waals surface area contributed by atoms with E-state index in [1.165, 1.54) is 0 Å². The van der Waals surface area contributed by atoms with Gasteiger partial charge in [0.1, 0.15) is 6.04 Å². The average molecular weight is 367 g/mol. The minimum absolute atomic E-state index is 0.00793. The van der Waals surface area contributed by atoms with Gasteiger partial charge in [-0.3, -0.25) is 9.59 Å². The molecule has 0 radical (unpaired) electrons. The smallest absolute Gasteiger partial charge is 0.243 e. The SMILES string of the molecule is CCCNC(=O)[C@H](Cc1ccccc1)N(Cc1ccccc1)C(=O)C(C)C. The van der Waals surface area contributed by atoms with Crippen molar-refractivity contribution in [3.05, 3.63) is 71.8 Å². The highest BCUT2D eigenvalue weighted by atomic mass is 16.2. The first-order chi connectivity index (χ1) is 13.0. The van der Waals surface area contributed by atoms with Gasteiger partial charge in [-0.25, -0.2) is 0 Å². The first-order valence-electron chi connectivity index (χ1n) is 9.69. The first-order valence-corrected chi connectivity index (χ1v) is 9.69. The molecule has 144 valence electrons. The van der Waals surface area contributed by atoms with Gasteiger partial charge in [0.05, 0.1) is 0 Å². The number of hydrogen-bond acceptors (Lipinski definition) is 2. The molecule has 0 saturated carbocycles. The minimum atomic E-state index is -0.533. The molecule has 1 atom stereocenters. The van der Waals surface area contributed by atoms with Gasteiger partial charge in [0.25, 0.3) is 0 Å². The largest absolute Gasteiger partial charge is 0.354 e. The van der Waals surface area contributed by atoms with E-state index in [-0.39, 0.29) is 17.7 Å². The maximum atomic E-state index is 13.0. The molecule has 0 aliphatic carbocycles. The van der Waals surface area contributed by atoms with E-state index in [0.29, 0.717) is 19.5 Å². The van der Waals surface area contributed by atoms with Crippen LogP contribution in [0.4, 0.5) is 0 Å². The Bertz CT molecular complexity index is 714. The monoisotopic (exact) mass is 366 g/mol. The lowest BCUT2D eigenvalue weighted by Gasteiger charge is -2.32. The predicted molar refractivity (Wildman–Crippen MR) is 109 cm³/mol. The number of amides is 2. The van der Waals surface area contributed by atoms with Crippen LogP contribution in [0.5, 0.6) is 0 Å². The van der Waals surface area contributed by atoms with E-state index in [1.807, 2.05) is 81.4 Å². The quantitative estimate of drug-likeness (QED) is 0.734. The van der Waals surface area contributed by atoms with Crippen LogP contribution in [-0.2, 0) is 22.6 Å². The molecule has 0 heterocycles. The third-order valence-corrected chi connectivity index (χ3v) is 4.47. The lowest BCUT2D eigenvalue weighted by molar-refractivity contribution is -0.143. The summed E-state index contributed by atoms with van der Waals surface area (Å²) < 4.78 is 0. The molecule has 2 aromatic rings. The molecule has 0 spiro atoms. The van der Waals surface area contributed by atoms with Crippen LogP contribution >= 0.6 is 0 Å². The van der Waals surface area contributed by atoms with Crippen molar-refractivity contribution in [2.75, 3.05) is 6.54 Å². The zero-order valence-electron chi connectivity index (χ0n) is 16.5. The minimum Gasteiger partial charge on any atom is -0.354 e. The third kappa shape index (κ3) is 6.24. The molecule has 0 aliphatic heterocycles. The van der Waals surface area contributed by atoms with Crippen LogP contribution in [0.1, 0.15) is 38.3 Å². The maximum Gasteiger partial charge on any atom is 0.243 e. The molecule has 2 aromatic carbocycles. The molecule has 27 heavy (non-hydrogen) atoms. The topological polar surface area (TPSA) is 49.4 Å². The first kappa shape index (κ1) is 20.7. The highest BCUT2D eigenvalue weighted by Crippen LogP contribution is 2.17. The van der Waals surface area contributed by atoms with Crippen LogP contribution in [0.25, 0.3) is 0 Å². The van der Waals surface area contributed by atoms with Crippen molar-refractivity contribution in [3.8, 4) is 0 Å². The lowest BCUT2D eigenvalue weighted by Crippen LogP contribution is -2.51. The Kier molecular flexibility index (Phi) is 8.05. The fraction of sp³-hybridized carbons (Fsp3) is 0.391. The molecule has 0 aromatic heterocycles. The van der Waals surface area contributed by atoms with Gasteiger partial charge < -0.3 is 10.2 Å². The Hall–Kier alpha value is -2.62. The number of nitrogens with zero attached hydrogens (tertiary/aromatic N) is 1. The van der Waals surface area contributed by atoms with Gasteiger partial charge in [-0.05, 0) is 17.5 Å². The summed E-state index contributed by atoms with van der Waals surface area (Å²) in [6.45, 7) is 6.81. The van der Waals surface area contributed by atoms with Crippen molar-refractivity contribution in [1.29, 1.82) is 0 Å². The van der Waals surface area contributed by atoms with Crippen LogP contribution in [-0.4, -0.2) is 29.3 Å². The second-order valence-corrected chi connectivity index (χ2v) is 7.10. The highest BCUT2D eigenvalue weighted by Gasteiger charge is 2.31. The number of rotatable bonds is 9. The summed E-state index contributed by atoms with van der Waals surface area (Å²) in [6, 6.07) is 19.2. The zero-order valence-corrected chi connectivity index (χ0v) is 16.5. The number of carbonyl (C=O) groups is 2. The van der Waals surface area contributed by atoms with Gasteiger partial charge in [0.15, 0.2) is 0 Å². The third-order valence-electron chi connectivity index (χ3n) is 4.47. The van der Waals surface area contributed by atoms with E-state index in [4.69, 9.17) is 0 Å².